The van der Waals surface area contributed by atoms with E-state index in [-0.39, 0.29) is 24.3 Å². The Kier molecular flexibility index (Phi) is 4.76. The van der Waals surface area contributed by atoms with E-state index >= 15 is 0 Å². The van der Waals surface area contributed by atoms with Crippen LogP contribution in [0, 0.1) is 13.8 Å². The minimum Gasteiger partial charge on any atom is -0.508 e. The highest BCUT2D eigenvalue weighted by Gasteiger charge is 2.15. The molecule has 0 saturated heterocycles. The van der Waals surface area contributed by atoms with Crippen molar-refractivity contribution in [3.63, 3.8) is 0 Å². The fourth-order valence-corrected chi connectivity index (χ4v) is 2.95. The van der Waals surface area contributed by atoms with E-state index in [0.29, 0.717) is 12.0 Å². The maximum absolute atomic E-state index is 12.5. The van der Waals surface area contributed by atoms with Crippen LogP contribution in [0.25, 0.3) is 10.9 Å². The lowest BCUT2D eigenvalue weighted by Crippen LogP contribution is -2.39. The zero-order valence-corrected chi connectivity index (χ0v) is 14.3. The number of amides is 1. The molecule has 4 N–H and O–H groups in total. The van der Waals surface area contributed by atoms with E-state index in [1.165, 1.54) is 0 Å². The number of hydrogen-bond donors (Lipinski definition) is 4. The van der Waals surface area contributed by atoms with Gasteiger partial charge in [-0.25, -0.2) is 0 Å². The maximum Gasteiger partial charge on any atom is 0.251 e. The van der Waals surface area contributed by atoms with Gasteiger partial charge in [0.05, 0.1) is 12.6 Å². The van der Waals surface area contributed by atoms with Gasteiger partial charge in [-0.05, 0) is 61.7 Å². The fourth-order valence-electron chi connectivity index (χ4n) is 2.95. The second kappa shape index (κ2) is 6.99. The van der Waals surface area contributed by atoms with Crippen molar-refractivity contribution in [3.8, 4) is 5.75 Å². The van der Waals surface area contributed by atoms with E-state index in [4.69, 9.17) is 0 Å². The number of aromatic amines is 1. The van der Waals surface area contributed by atoms with Gasteiger partial charge < -0.3 is 20.5 Å². The molecule has 3 rings (SSSR count). The summed E-state index contributed by atoms with van der Waals surface area (Å²) in [6, 6.07) is 11.9. The smallest absolute Gasteiger partial charge is 0.251 e. The normalized spacial score (nSPS) is 12.3. The molecule has 0 radical (unpaired) electrons. The van der Waals surface area contributed by atoms with Gasteiger partial charge in [0.15, 0.2) is 0 Å². The number of aliphatic hydroxyl groups is 1. The van der Waals surface area contributed by atoms with Crippen molar-refractivity contribution in [1.29, 1.82) is 0 Å². The third-order valence-corrected chi connectivity index (χ3v) is 4.54. The number of benzene rings is 2. The molecule has 1 atom stereocenters. The number of carbonyl (C=O) groups is 1. The molecule has 0 bridgehead atoms. The Labute approximate surface area is 146 Å². The van der Waals surface area contributed by atoms with Crippen LogP contribution in [0.15, 0.2) is 42.5 Å². The predicted molar refractivity (Wildman–Crippen MR) is 97.9 cm³/mol. The Morgan fingerprint density at radius 3 is 2.56 bits per heavy atom. The van der Waals surface area contributed by atoms with Crippen molar-refractivity contribution in [2.24, 2.45) is 0 Å². The van der Waals surface area contributed by atoms with E-state index in [2.05, 4.69) is 10.3 Å². The Balaban J connectivity index is 1.75. The van der Waals surface area contributed by atoms with Gasteiger partial charge in [-0.2, -0.15) is 0 Å². The van der Waals surface area contributed by atoms with Crippen molar-refractivity contribution >= 4 is 16.8 Å². The standard InChI is InChI=1S/C20H22N2O3/c1-12-13(2)21-19-8-5-15(10-18(12)19)20(25)22-16(11-23)9-14-3-6-17(24)7-4-14/h3-8,10,16,21,23-24H,9,11H2,1-2H3,(H,22,25)/t16-/m0/s1. The van der Waals surface area contributed by atoms with Gasteiger partial charge in [-0.1, -0.05) is 12.1 Å². The summed E-state index contributed by atoms with van der Waals surface area (Å²) in [5.74, 6) is -0.0169. The largest absolute Gasteiger partial charge is 0.508 e. The van der Waals surface area contributed by atoms with Crippen LogP contribution >= 0.6 is 0 Å². The molecule has 0 saturated carbocycles. The van der Waals surface area contributed by atoms with Crippen molar-refractivity contribution in [3.05, 3.63) is 64.8 Å². The number of rotatable bonds is 5. The first kappa shape index (κ1) is 17.0. The Morgan fingerprint density at radius 1 is 1.16 bits per heavy atom. The lowest BCUT2D eigenvalue weighted by Gasteiger charge is -2.16. The lowest BCUT2D eigenvalue weighted by molar-refractivity contribution is 0.0916. The second-order valence-electron chi connectivity index (χ2n) is 6.36. The lowest BCUT2D eigenvalue weighted by atomic mass is 10.0. The van der Waals surface area contributed by atoms with E-state index in [1.54, 1.807) is 30.3 Å². The SMILES string of the molecule is Cc1[nH]c2ccc(C(=O)N[C@H](CO)Cc3ccc(O)cc3)cc2c1C. The summed E-state index contributed by atoms with van der Waals surface area (Å²) in [6.45, 7) is 3.88. The number of aryl methyl sites for hydroxylation is 2. The van der Waals surface area contributed by atoms with Crippen molar-refractivity contribution in [1.82, 2.24) is 10.3 Å². The predicted octanol–water partition coefficient (Wildman–Crippen LogP) is 2.82. The molecule has 1 amide bonds. The van der Waals surface area contributed by atoms with Gasteiger partial charge in [0, 0.05) is 22.2 Å². The number of hydrogen-bond acceptors (Lipinski definition) is 3. The zero-order chi connectivity index (χ0) is 18.0. The highest BCUT2D eigenvalue weighted by atomic mass is 16.3. The maximum atomic E-state index is 12.5. The Hall–Kier alpha value is -2.79. The van der Waals surface area contributed by atoms with Gasteiger partial charge in [-0.3, -0.25) is 4.79 Å². The molecule has 0 aliphatic rings. The molecule has 0 aliphatic heterocycles. The van der Waals surface area contributed by atoms with Gasteiger partial charge in [0.25, 0.3) is 5.91 Å². The average molecular weight is 338 g/mol. The van der Waals surface area contributed by atoms with Crippen molar-refractivity contribution in [2.45, 2.75) is 26.3 Å². The summed E-state index contributed by atoms with van der Waals surface area (Å²) < 4.78 is 0. The minimum absolute atomic E-state index is 0.156. The first-order valence-electron chi connectivity index (χ1n) is 8.26. The van der Waals surface area contributed by atoms with Crippen molar-refractivity contribution < 1.29 is 15.0 Å². The average Bonchev–Trinajstić information content (AvgIpc) is 2.90. The first-order valence-corrected chi connectivity index (χ1v) is 8.26. The number of phenolic OH excluding ortho intramolecular Hbond substituents is 1. The molecule has 5 nitrogen and oxygen atoms in total. The summed E-state index contributed by atoms with van der Waals surface area (Å²) >= 11 is 0. The van der Waals surface area contributed by atoms with E-state index in [0.717, 1.165) is 27.7 Å². The van der Waals surface area contributed by atoms with Gasteiger partial charge in [0.1, 0.15) is 5.75 Å². The van der Waals surface area contributed by atoms with E-state index in [1.807, 2.05) is 26.0 Å². The first-order chi connectivity index (χ1) is 12.0. The van der Waals surface area contributed by atoms with Crippen LogP contribution in [0.3, 0.4) is 0 Å². The molecule has 1 heterocycles. The molecule has 25 heavy (non-hydrogen) atoms. The molecule has 3 aromatic rings. The summed E-state index contributed by atoms with van der Waals surface area (Å²) in [7, 11) is 0. The van der Waals surface area contributed by atoms with Crippen LogP contribution in [0.2, 0.25) is 0 Å². The molecule has 1 aromatic heterocycles. The number of H-pyrrole nitrogens is 1. The summed E-state index contributed by atoms with van der Waals surface area (Å²) in [5, 5.41) is 22.8. The van der Waals surface area contributed by atoms with Crippen LogP contribution in [0.1, 0.15) is 27.2 Å². The quantitative estimate of drug-likeness (QED) is 0.577. The number of phenols is 1. The molecule has 0 unspecified atom stereocenters. The number of fused-ring (bicyclic) bond motifs is 1. The molecule has 5 heteroatoms. The molecule has 0 aliphatic carbocycles. The van der Waals surface area contributed by atoms with Gasteiger partial charge in [0.2, 0.25) is 0 Å². The molecule has 2 aromatic carbocycles. The number of nitrogens with one attached hydrogen (secondary N) is 2. The molecular formula is C20H22N2O3. The number of carbonyl (C=O) groups excluding carboxylic acids is 1. The minimum atomic E-state index is -0.387. The van der Waals surface area contributed by atoms with E-state index < -0.39 is 0 Å². The summed E-state index contributed by atoms with van der Waals surface area (Å²) in [6.07, 6.45) is 0.493. The summed E-state index contributed by atoms with van der Waals surface area (Å²) in [5.41, 5.74) is 4.73. The van der Waals surface area contributed by atoms with Gasteiger partial charge >= 0.3 is 0 Å². The zero-order valence-electron chi connectivity index (χ0n) is 14.3. The summed E-state index contributed by atoms with van der Waals surface area (Å²) in [4.78, 5) is 15.8. The van der Waals surface area contributed by atoms with Gasteiger partial charge in [-0.15, -0.1) is 0 Å². The number of aliphatic hydroxyl groups excluding tert-OH is 1. The fraction of sp³-hybridized carbons (Fsp3) is 0.250. The third kappa shape index (κ3) is 3.67. The topological polar surface area (TPSA) is 85.4 Å². The third-order valence-electron chi connectivity index (χ3n) is 4.54. The number of aromatic hydroxyl groups is 1. The van der Waals surface area contributed by atoms with Crippen LogP contribution in [-0.2, 0) is 6.42 Å². The monoisotopic (exact) mass is 338 g/mol. The Morgan fingerprint density at radius 2 is 1.88 bits per heavy atom. The Bertz CT molecular complexity index is 897. The molecule has 0 spiro atoms. The molecule has 130 valence electrons. The number of aromatic nitrogens is 1. The second-order valence-corrected chi connectivity index (χ2v) is 6.36. The van der Waals surface area contributed by atoms with Crippen molar-refractivity contribution in [2.75, 3.05) is 6.61 Å². The van der Waals surface area contributed by atoms with Crippen LogP contribution in [0.4, 0.5) is 0 Å². The van der Waals surface area contributed by atoms with Crippen LogP contribution in [0.5, 0.6) is 5.75 Å². The van der Waals surface area contributed by atoms with E-state index in [9.17, 15) is 15.0 Å². The molecular weight excluding hydrogens is 316 g/mol. The van der Waals surface area contributed by atoms with Crippen LogP contribution < -0.4 is 5.32 Å². The highest BCUT2D eigenvalue weighted by Crippen LogP contribution is 2.22. The molecule has 0 fully saturated rings. The highest BCUT2D eigenvalue weighted by molar-refractivity contribution is 5.99. The van der Waals surface area contributed by atoms with Crippen LogP contribution in [-0.4, -0.2) is 33.8 Å².